The van der Waals surface area contributed by atoms with Gasteiger partial charge in [-0.25, -0.2) is 13.8 Å². The predicted molar refractivity (Wildman–Crippen MR) is 111 cm³/mol. The van der Waals surface area contributed by atoms with E-state index in [1.165, 1.54) is 23.8 Å². The van der Waals surface area contributed by atoms with Crippen molar-refractivity contribution >= 4 is 21.9 Å². The molecule has 29 heavy (non-hydrogen) atoms. The summed E-state index contributed by atoms with van der Waals surface area (Å²) in [6.45, 7) is 2.20. The number of nitrogens with zero attached hydrogens (tertiary/aromatic N) is 2. The molecule has 3 nitrogen and oxygen atoms in total. The lowest BCUT2D eigenvalue weighted by Crippen LogP contribution is -2.19. The predicted octanol–water partition coefficient (Wildman–Crippen LogP) is 6.47. The van der Waals surface area contributed by atoms with Gasteiger partial charge < -0.3 is 4.98 Å². The van der Waals surface area contributed by atoms with Gasteiger partial charge in [0.25, 0.3) is 0 Å². The molecule has 2 aromatic carbocycles. The van der Waals surface area contributed by atoms with Gasteiger partial charge in [-0.1, -0.05) is 6.92 Å². The topological polar surface area (TPSA) is 41.6 Å². The molecule has 0 amide bonds. The number of nitrogens with one attached hydrogen (secondary N) is 1. The number of pyridine rings is 1. The molecule has 0 spiro atoms. The Morgan fingerprint density at radius 2 is 1.66 bits per heavy atom. The van der Waals surface area contributed by atoms with Gasteiger partial charge in [-0.15, -0.1) is 0 Å². The van der Waals surface area contributed by atoms with Crippen molar-refractivity contribution < 1.29 is 8.78 Å². The van der Waals surface area contributed by atoms with E-state index >= 15 is 0 Å². The summed E-state index contributed by atoms with van der Waals surface area (Å²) >= 11 is 0. The van der Waals surface area contributed by atoms with Gasteiger partial charge in [0.2, 0.25) is 0 Å². The minimum atomic E-state index is -0.248. The number of imidazole rings is 1. The summed E-state index contributed by atoms with van der Waals surface area (Å²) in [5.41, 5.74) is 3.63. The normalized spacial score (nSPS) is 20.9. The molecule has 1 fully saturated rings. The fraction of sp³-hybridized carbons (Fsp3) is 0.333. The van der Waals surface area contributed by atoms with Crippen molar-refractivity contribution in [3.05, 3.63) is 71.7 Å². The Labute approximate surface area is 168 Å². The Balaban J connectivity index is 1.34. The number of fused-ring (bicyclic) bond motifs is 2. The summed E-state index contributed by atoms with van der Waals surface area (Å²) in [6, 6.07) is 11.6. The highest BCUT2D eigenvalue weighted by atomic mass is 19.1. The van der Waals surface area contributed by atoms with Crippen LogP contribution in [0.1, 0.15) is 55.8 Å². The van der Waals surface area contributed by atoms with Crippen LogP contribution in [0.4, 0.5) is 8.78 Å². The second-order valence-electron chi connectivity index (χ2n) is 8.25. The first-order valence-electron chi connectivity index (χ1n) is 10.3. The smallest absolute Gasteiger partial charge is 0.125 e. The standard InChI is InChI=1S/C24H23F2N3/c1-14(24-28-22-9-7-18(26)13-23(22)29-24)15-2-4-16(5-3-15)19-10-11-27-21-8-6-17(25)12-20(19)21/h6-16H,2-5H2,1H3,(H,28,29)/t14-,15?,16?/m0/s1. The van der Waals surface area contributed by atoms with Crippen molar-refractivity contribution in [2.75, 3.05) is 0 Å². The summed E-state index contributed by atoms with van der Waals surface area (Å²) in [5.74, 6) is 1.72. The number of benzene rings is 2. The molecule has 148 valence electrons. The zero-order valence-corrected chi connectivity index (χ0v) is 16.3. The van der Waals surface area contributed by atoms with Gasteiger partial charge in [-0.05, 0) is 85.5 Å². The lowest BCUT2D eigenvalue weighted by Gasteiger charge is -2.32. The van der Waals surface area contributed by atoms with E-state index in [0.29, 0.717) is 11.8 Å². The van der Waals surface area contributed by atoms with Gasteiger partial charge >= 0.3 is 0 Å². The maximum absolute atomic E-state index is 13.8. The van der Waals surface area contributed by atoms with Crippen LogP contribution in [0, 0.1) is 17.6 Å². The Morgan fingerprint density at radius 1 is 0.931 bits per heavy atom. The van der Waals surface area contributed by atoms with Gasteiger partial charge in [0.1, 0.15) is 17.5 Å². The number of aromatic nitrogens is 3. The third-order valence-corrected chi connectivity index (χ3v) is 6.55. The molecule has 1 atom stereocenters. The first-order chi connectivity index (χ1) is 14.1. The number of rotatable bonds is 3. The summed E-state index contributed by atoms with van der Waals surface area (Å²) in [7, 11) is 0. The van der Waals surface area contributed by atoms with Crippen molar-refractivity contribution in [3.63, 3.8) is 0 Å². The second-order valence-corrected chi connectivity index (χ2v) is 8.25. The van der Waals surface area contributed by atoms with E-state index in [0.717, 1.165) is 53.4 Å². The van der Waals surface area contributed by atoms with Gasteiger partial charge in [0, 0.05) is 17.5 Å². The first kappa shape index (κ1) is 18.2. The summed E-state index contributed by atoms with van der Waals surface area (Å²) in [4.78, 5) is 12.4. The molecule has 0 bridgehead atoms. The van der Waals surface area contributed by atoms with Crippen LogP contribution in [-0.4, -0.2) is 15.0 Å². The van der Waals surface area contributed by atoms with Crippen molar-refractivity contribution in [3.8, 4) is 0 Å². The second kappa shape index (κ2) is 7.21. The average Bonchev–Trinajstić information content (AvgIpc) is 3.16. The molecule has 0 radical (unpaired) electrons. The van der Waals surface area contributed by atoms with Crippen LogP contribution >= 0.6 is 0 Å². The number of hydrogen-bond acceptors (Lipinski definition) is 2. The first-order valence-corrected chi connectivity index (χ1v) is 10.3. The van der Waals surface area contributed by atoms with Crippen LogP contribution in [-0.2, 0) is 0 Å². The van der Waals surface area contributed by atoms with E-state index < -0.39 is 0 Å². The fourth-order valence-corrected chi connectivity index (χ4v) is 4.87. The van der Waals surface area contributed by atoms with E-state index in [9.17, 15) is 8.78 Å². The third kappa shape index (κ3) is 3.39. The van der Waals surface area contributed by atoms with Crippen LogP contribution in [0.25, 0.3) is 21.9 Å². The van der Waals surface area contributed by atoms with Gasteiger partial charge in [0.15, 0.2) is 0 Å². The molecule has 4 aromatic rings. The molecule has 1 saturated carbocycles. The SMILES string of the molecule is C[C@H](c1nc2ccc(F)cc2[nH]1)C1CCC(c2ccnc3ccc(F)cc23)CC1. The Hall–Kier alpha value is -2.82. The number of hydrogen-bond donors (Lipinski definition) is 1. The van der Waals surface area contributed by atoms with Crippen LogP contribution in [0.15, 0.2) is 48.7 Å². The van der Waals surface area contributed by atoms with Crippen molar-refractivity contribution in [1.82, 2.24) is 15.0 Å². The molecule has 2 heterocycles. The Bertz CT molecular complexity index is 1180. The molecule has 2 aromatic heterocycles. The maximum atomic E-state index is 13.8. The molecule has 0 aliphatic heterocycles. The van der Waals surface area contributed by atoms with Crippen LogP contribution in [0.5, 0.6) is 0 Å². The van der Waals surface area contributed by atoms with E-state index in [4.69, 9.17) is 0 Å². The van der Waals surface area contributed by atoms with Crippen molar-refractivity contribution in [2.45, 2.75) is 44.4 Å². The highest BCUT2D eigenvalue weighted by Crippen LogP contribution is 2.42. The molecule has 5 heteroatoms. The van der Waals surface area contributed by atoms with E-state index in [1.54, 1.807) is 18.2 Å². The number of aromatic amines is 1. The van der Waals surface area contributed by atoms with Gasteiger partial charge in [0.05, 0.1) is 16.6 Å². The molecule has 5 rings (SSSR count). The quantitative estimate of drug-likeness (QED) is 0.435. The monoisotopic (exact) mass is 391 g/mol. The molecule has 0 saturated heterocycles. The van der Waals surface area contributed by atoms with Crippen molar-refractivity contribution in [2.24, 2.45) is 5.92 Å². The zero-order chi connectivity index (χ0) is 20.0. The molecular weight excluding hydrogens is 368 g/mol. The maximum Gasteiger partial charge on any atom is 0.125 e. The van der Waals surface area contributed by atoms with Crippen LogP contribution < -0.4 is 0 Å². The minimum Gasteiger partial charge on any atom is -0.342 e. The molecular formula is C24H23F2N3. The minimum absolute atomic E-state index is 0.213. The van der Waals surface area contributed by atoms with E-state index in [1.807, 2.05) is 12.3 Å². The van der Waals surface area contributed by atoms with E-state index in [2.05, 4.69) is 21.9 Å². The van der Waals surface area contributed by atoms with E-state index in [-0.39, 0.29) is 17.6 Å². The molecule has 1 N–H and O–H groups in total. The summed E-state index contributed by atoms with van der Waals surface area (Å²) in [5, 5.41) is 0.934. The van der Waals surface area contributed by atoms with Crippen LogP contribution in [0.3, 0.4) is 0 Å². The Morgan fingerprint density at radius 3 is 2.45 bits per heavy atom. The largest absolute Gasteiger partial charge is 0.342 e. The summed E-state index contributed by atoms with van der Waals surface area (Å²) in [6.07, 6.45) is 6.16. The lowest BCUT2D eigenvalue weighted by atomic mass is 9.73. The van der Waals surface area contributed by atoms with Crippen molar-refractivity contribution in [1.29, 1.82) is 0 Å². The summed E-state index contributed by atoms with van der Waals surface area (Å²) < 4.78 is 27.3. The fourth-order valence-electron chi connectivity index (χ4n) is 4.87. The Kier molecular flexibility index (Phi) is 4.53. The van der Waals surface area contributed by atoms with Crippen LogP contribution in [0.2, 0.25) is 0 Å². The third-order valence-electron chi connectivity index (χ3n) is 6.55. The highest BCUT2D eigenvalue weighted by Gasteiger charge is 2.29. The number of halogens is 2. The molecule has 0 unspecified atom stereocenters. The van der Waals surface area contributed by atoms with Gasteiger partial charge in [-0.2, -0.15) is 0 Å². The average molecular weight is 391 g/mol. The van der Waals surface area contributed by atoms with Gasteiger partial charge in [-0.3, -0.25) is 4.98 Å². The number of H-pyrrole nitrogens is 1. The zero-order valence-electron chi connectivity index (χ0n) is 16.3. The molecule has 1 aliphatic carbocycles. The lowest BCUT2D eigenvalue weighted by molar-refractivity contribution is 0.286. The highest BCUT2D eigenvalue weighted by molar-refractivity contribution is 5.82. The molecule has 1 aliphatic rings.